The summed E-state index contributed by atoms with van der Waals surface area (Å²) in [6.45, 7) is 2.36. The Morgan fingerprint density at radius 3 is 2.50 bits per heavy atom. The van der Waals surface area contributed by atoms with Crippen molar-refractivity contribution < 1.29 is 33.5 Å². The van der Waals surface area contributed by atoms with Crippen LogP contribution in [-0.2, 0) is 0 Å². The fourth-order valence-corrected chi connectivity index (χ4v) is 3.31. The van der Waals surface area contributed by atoms with Gasteiger partial charge in [0.05, 0.1) is 29.8 Å². The van der Waals surface area contributed by atoms with Crippen LogP contribution in [0.1, 0.15) is 33.2 Å². The summed E-state index contributed by atoms with van der Waals surface area (Å²) in [7, 11) is 1.41. The smallest absolute Gasteiger partial charge is 0.343 e. The zero-order valence-corrected chi connectivity index (χ0v) is 18.3. The predicted octanol–water partition coefficient (Wildman–Crippen LogP) is 4.84. The lowest BCUT2D eigenvalue weighted by atomic mass is 10.1. The van der Waals surface area contributed by atoms with Gasteiger partial charge in [-0.15, -0.1) is 0 Å². The number of nitro benzene ring substituents is 1. The molecule has 0 unspecified atom stereocenters. The minimum atomic E-state index is -0.700. The lowest BCUT2D eigenvalue weighted by Gasteiger charge is -2.10. The number of non-ortho nitro benzene ring substituents is 1. The molecule has 9 nitrogen and oxygen atoms in total. The van der Waals surface area contributed by atoms with Crippen molar-refractivity contribution in [3.05, 3.63) is 93.2 Å². The Bertz CT molecular complexity index is 1310. The second-order valence-electron chi connectivity index (χ2n) is 7.13. The molecule has 1 heterocycles. The summed E-state index contributed by atoms with van der Waals surface area (Å²) >= 11 is 0. The SMILES string of the molecule is CCOc1ccc2c(c1)O/C(=C\c1ccc(OC(=O)c3ccc([N+](=O)[O-])cc3)c(OC)c1)C2=O. The average molecular weight is 461 g/mol. The maximum Gasteiger partial charge on any atom is 0.343 e. The normalized spacial score (nSPS) is 13.2. The minimum absolute atomic E-state index is 0.133. The van der Waals surface area contributed by atoms with Crippen LogP contribution < -0.4 is 18.9 Å². The van der Waals surface area contributed by atoms with Gasteiger partial charge in [0, 0.05) is 18.2 Å². The zero-order valence-electron chi connectivity index (χ0n) is 18.3. The minimum Gasteiger partial charge on any atom is -0.494 e. The van der Waals surface area contributed by atoms with E-state index in [2.05, 4.69) is 0 Å². The van der Waals surface area contributed by atoms with Gasteiger partial charge in [0.25, 0.3) is 5.69 Å². The monoisotopic (exact) mass is 461 g/mol. The van der Waals surface area contributed by atoms with E-state index in [-0.39, 0.29) is 34.3 Å². The van der Waals surface area contributed by atoms with Gasteiger partial charge in [-0.2, -0.15) is 0 Å². The van der Waals surface area contributed by atoms with Gasteiger partial charge in [-0.05, 0) is 55.0 Å². The Hall–Kier alpha value is -4.66. The van der Waals surface area contributed by atoms with E-state index in [4.69, 9.17) is 18.9 Å². The van der Waals surface area contributed by atoms with Gasteiger partial charge in [-0.3, -0.25) is 14.9 Å². The number of hydrogen-bond acceptors (Lipinski definition) is 8. The molecule has 1 aliphatic heterocycles. The molecule has 0 atom stereocenters. The standard InChI is InChI=1S/C25H19NO8/c1-3-32-18-9-10-19-21(14-18)33-23(24(19)27)13-15-4-11-20(22(12-15)31-2)34-25(28)16-5-7-17(8-6-16)26(29)30/h4-14H,3H2,1-2H3/b23-13-. The maximum atomic E-state index is 12.7. The van der Waals surface area contributed by atoms with Gasteiger partial charge in [0.15, 0.2) is 17.3 Å². The highest BCUT2D eigenvalue weighted by atomic mass is 16.6. The molecule has 0 saturated heterocycles. The molecule has 0 bridgehead atoms. The van der Waals surface area contributed by atoms with Crippen molar-refractivity contribution in [2.75, 3.05) is 13.7 Å². The molecule has 0 aromatic heterocycles. The molecule has 34 heavy (non-hydrogen) atoms. The molecule has 0 spiro atoms. The number of rotatable bonds is 7. The lowest BCUT2D eigenvalue weighted by Crippen LogP contribution is -2.09. The maximum absolute atomic E-state index is 12.7. The van der Waals surface area contributed by atoms with Gasteiger partial charge >= 0.3 is 5.97 Å². The third kappa shape index (κ3) is 4.58. The second-order valence-corrected chi connectivity index (χ2v) is 7.13. The number of Topliss-reactive ketones (excluding diaryl/α,β-unsaturated/α-hetero) is 1. The first-order valence-electron chi connectivity index (χ1n) is 10.3. The average Bonchev–Trinajstić information content (AvgIpc) is 3.14. The van der Waals surface area contributed by atoms with Crippen LogP contribution in [0.25, 0.3) is 6.08 Å². The van der Waals surface area contributed by atoms with Crippen molar-refractivity contribution in [1.29, 1.82) is 0 Å². The van der Waals surface area contributed by atoms with Crippen LogP contribution in [-0.4, -0.2) is 30.4 Å². The van der Waals surface area contributed by atoms with E-state index < -0.39 is 10.9 Å². The highest BCUT2D eigenvalue weighted by Crippen LogP contribution is 2.36. The molecule has 4 rings (SSSR count). The van der Waals surface area contributed by atoms with E-state index in [0.29, 0.717) is 29.2 Å². The highest BCUT2D eigenvalue weighted by molar-refractivity contribution is 6.14. The second kappa shape index (κ2) is 9.45. The Kier molecular flexibility index (Phi) is 6.26. The Morgan fingerprint density at radius 1 is 1.06 bits per heavy atom. The number of ether oxygens (including phenoxy) is 4. The summed E-state index contributed by atoms with van der Waals surface area (Å²) in [5, 5.41) is 10.8. The number of carbonyl (C=O) groups excluding carboxylic acids is 2. The van der Waals surface area contributed by atoms with Crippen LogP contribution in [0.2, 0.25) is 0 Å². The highest BCUT2D eigenvalue weighted by Gasteiger charge is 2.28. The van der Waals surface area contributed by atoms with Crippen LogP contribution in [0.4, 0.5) is 5.69 Å². The lowest BCUT2D eigenvalue weighted by molar-refractivity contribution is -0.384. The summed E-state index contributed by atoms with van der Waals surface area (Å²) in [5.41, 5.74) is 1.04. The molecule has 0 saturated carbocycles. The van der Waals surface area contributed by atoms with Gasteiger partial charge in [-0.1, -0.05) is 6.07 Å². The molecular weight excluding hydrogens is 442 g/mol. The molecule has 9 heteroatoms. The quantitative estimate of drug-likeness (QED) is 0.161. The Balaban J connectivity index is 1.53. The third-order valence-corrected chi connectivity index (χ3v) is 4.95. The van der Waals surface area contributed by atoms with Gasteiger partial charge in [-0.25, -0.2) is 4.79 Å². The van der Waals surface area contributed by atoms with E-state index in [0.717, 1.165) is 0 Å². The molecule has 0 radical (unpaired) electrons. The molecule has 0 amide bonds. The first-order chi connectivity index (χ1) is 16.4. The van der Waals surface area contributed by atoms with Crippen molar-refractivity contribution in [2.45, 2.75) is 6.92 Å². The first-order valence-corrected chi connectivity index (χ1v) is 10.3. The van der Waals surface area contributed by atoms with Crippen molar-refractivity contribution in [3.63, 3.8) is 0 Å². The number of fused-ring (bicyclic) bond motifs is 1. The molecule has 1 aliphatic rings. The van der Waals surface area contributed by atoms with Crippen molar-refractivity contribution in [2.24, 2.45) is 0 Å². The number of esters is 1. The van der Waals surface area contributed by atoms with Gasteiger partial charge in [0.2, 0.25) is 5.78 Å². The molecule has 0 N–H and O–H groups in total. The van der Waals surface area contributed by atoms with Crippen LogP contribution in [0.15, 0.2) is 66.4 Å². The molecule has 0 aliphatic carbocycles. The summed E-state index contributed by atoms with van der Waals surface area (Å²) < 4.78 is 21.9. The zero-order chi connectivity index (χ0) is 24.2. The topological polar surface area (TPSA) is 114 Å². The van der Waals surface area contributed by atoms with Crippen molar-refractivity contribution in [3.8, 4) is 23.0 Å². The molecule has 3 aromatic carbocycles. The Labute approximate surface area is 194 Å². The number of hydrogen-bond donors (Lipinski definition) is 0. The van der Waals surface area contributed by atoms with E-state index in [1.807, 2.05) is 6.92 Å². The number of ketones is 1. The number of nitro groups is 1. The van der Waals surface area contributed by atoms with Crippen LogP contribution >= 0.6 is 0 Å². The predicted molar refractivity (Wildman–Crippen MR) is 122 cm³/mol. The number of methoxy groups -OCH3 is 1. The molecule has 0 fully saturated rings. The number of nitrogens with zero attached hydrogens (tertiary/aromatic N) is 1. The van der Waals surface area contributed by atoms with Crippen molar-refractivity contribution >= 4 is 23.5 Å². The molecular formula is C25H19NO8. The van der Waals surface area contributed by atoms with Crippen LogP contribution in [0, 0.1) is 10.1 Å². The van der Waals surface area contributed by atoms with Crippen LogP contribution in [0.3, 0.4) is 0 Å². The van der Waals surface area contributed by atoms with E-state index in [1.54, 1.807) is 36.4 Å². The summed E-state index contributed by atoms with van der Waals surface area (Å²) in [5.74, 6) is 0.614. The first kappa shape index (κ1) is 22.5. The largest absolute Gasteiger partial charge is 0.494 e. The van der Waals surface area contributed by atoms with Gasteiger partial charge < -0.3 is 18.9 Å². The van der Waals surface area contributed by atoms with E-state index in [1.165, 1.54) is 37.4 Å². The molecule has 172 valence electrons. The summed E-state index contributed by atoms with van der Waals surface area (Å²) in [6.07, 6.45) is 1.56. The number of allylic oxidation sites excluding steroid dienone is 1. The summed E-state index contributed by atoms with van der Waals surface area (Å²) in [6, 6.07) is 14.8. The number of carbonyl (C=O) groups is 2. The van der Waals surface area contributed by atoms with E-state index >= 15 is 0 Å². The van der Waals surface area contributed by atoms with E-state index in [9.17, 15) is 19.7 Å². The number of benzene rings is 3. The fourth-order valence-electron chi connectivity index (χ4n) is 3.31. The van der Waals surface area contributed by atoms with Gasteiger partial charge in [0.1, 0.15) is 11.5 Å². The Morgan fingerprint density at radius 2 is 1.82 bits per heavy atom. The fraction of sp³-hybridized carbons (Fsp3) is 0.120. The third-order valence-electron chi connectivity index (χ3n) is 4.95. The molecule has 3 aromatic rings. The van der Waals surface area contributed by atoms with Crippen molar-refractivity contribution in [1.82, 2.24) is 0 Å². The van der Waals surface area contributed by atoms with Crippen LogP contribution in [0.5, 0.6) is 23.0 Å². The summed E-state index contributed by atoms with van der Waals surface area (Å²) in [4.78, 5) is 35.3.